The van der Waals surface area contributed by atoms with Gasteiger partial charge in [-0.3, -0.25) is 0 Å². The van der Waals surface area contributed by atoms with Crippen molar-refractivity contribution in [2.75, 3.05) is 0 Å². The molecule has 2 nitrogen and oxygen atoms in total. The average Bonchev–Trinajstić information content (AvgIpc) is 2.35. The van der Waals surface area contributed by atoms with Crippen molar-refractivity contribution >= 4 is 35.0 Å². The van der Waals surface area contributed by atoms with Crippen molar-refractivity contribution in [2.45, 2.75) is 29.3 Å². The van der Waals surface area contributed by atoms with Gasteiger partial charge in [0, 0.05) is 22.2 Å². The normalized spacial score (nSPS) is 12.4. The highest BCUT2D eigenvalue weighted by Gasteiger charge is 2.07. The van der Waals surface area contributed by atoms with E-state index in [9.17, 15) is 0 Å². The second-order valence-corrected chi connectivity index (χ2v) is 6.20. The predicted octanol–water partition coefficient (Wildman–Crippen LogP) is 4.43. The van der Waals surface area contributed by atoms with Crippen molar-refractivity contribution in [1.82, 2.24) is 4.98 Å². The summed E-state index contributed by atoms with van der Waals surface area (Å²) in [6, 6.07) is 9.67. The standard InChI is InChI=1S/C14H14Cl2N2S/c1-9(17)7-10-4-5-11(8-13(10)16)19-14-12(15)3-2-6-18-14/h2-6,8-9H,7,17H2,1H3. The Labute approximate surface area is 127 Å². The largest absolute Gasteiger partial charge is 0.328 e. The minimum atomic E-state index is 0.0984. The zero-order valence-electron chi connectivity index (χ0n) is 10.4. The first kappa shape index (κ1) is 14.7. The van der Waals surface area contributed by atoms with Gasteiger partial charge in [0.15, 0.2) is 0 Å². The Morgan fingerprint density at radius 1 is 1.26 bits per heavy atom. The van der Waals surface area contributed by atoms with Crippen LogP contribution >= 0.6 is 35.0 Å². The molecule has 0 radical (unpaired) electrons. The molecule has 2 N–H and O–H groups in total. The molecule has 1 heterocycles. The van der Waals surface area contributed by atoms with Gasteiger partial charge in [-0.05, 0) is 43.2 Å². The number of benzene rings is 1. The quantitative estimate of drug-likeness (QED) is 0.907. The lowest BCUT2D eigenvalue weighted by Crippen LogP contribution is -2.17. The van der Waals surface area contributed by atoms with Crippen LogP contribution in [-0.4, -0.2) is 11.0 Å². The van der Waals surface area contributed by atoms with E-state index in [1.807, 2.05) is 37.3 Å². The summed E-state index contributed by atoms with van der Waals surface area (Å²) in [6.45, 7) is 1.96. The number of hydrogen-bond acceptors (Lipinski definition) is 3. The van der Waals surface area contributed by atoms with Gasteiger partial charge in [-0.25, -0.2) is 4.98 Å². The maximum Gasteiger partial charge on any atom is 0.119 e. The Hall–Kier alpha value is -0.740. The van der Waals surface area contributed by atoms with Gasteiger partial charge < -0.3 is 5.73 Å². The minimum absolute atomic E-state index is 0.0984. The molecule has 0 aliphatic carbocycles. The van der Waals surface area contributed by atoms with Gasteiger partial charge in [0.1, 0.15) is 5.03 Å². The Morgan fingerprint density at radius 3 is 2.68 bits per heavy atom. The molecule has 2 rings (SSSR count). The van der Waals surface area contributed by atoms with E-state index >= 15 is 0 Å². The fourth-order valence-corrected chi connectivity index (χ4v) is 3.04. The van der Waals surface area contributed by atoms with Gasteiger partial charge in [0.2, 0.25) is 0 Å². The van der Waals surface area contributed by atoms with Crippen LogP contribution in [0.2, 0.25) is 10.0 Å². The van der Waals surface area contributed by atoms with Crippen LogP contribution in [0.1, 0.15) is 12.5 Å². The van der Waals surface area contributed by atoms with E-state index in [-0.39, 0.29) is 6.04 Å². The molecule has 1 unspecified atom stereocenters. The third kappa shape index (κ3) is 4.11. The van der Waals surface area contributed by atoms with Crippen molar-refractivity contribution in [1.29, 1.82) is 0 Å². The lowest BCUT2D eigenvalue weighted by atomic mass is 10.1. The molecule has 100 valence electrons. The Morgan fingerprint density at radius 2 is 2.05 bits per heavy atom. The van der Waals surface area contributed by atoms with Crippen LogP contribution in [0.3, 0.4) is 0 Å². The summed E-state index contributed by atoms with van der Waals surface area (Å²) in [5.41, 5.74) is 6.85. The third-order valence-corrected chi connectivity index (χ3v) is 4.28. The van der Waals surface area contributed by atoms with Crippen molar-refractivity contribution in [3.05, 3.63) is 52.1 Å². The number of nitrogens with two attached hydrogens (primary N) is 1. The molecule has 19 heavy (non-hydrogen) atoms. The van der Waals surface area contributed by atoms with E-state index in [2.05, 4.69) is 4.98 Å². The van der Waals surface area contributed by atoms with E-state index in [1.54, 1.807) is 6.20 Å². The first-order valence-electron chi connectivity index (χ1n) is 5.88. The Kier molecular flexibility index (Phi) is 5.11. The van der Waals surface area contributed by atoms with E-state index < -0.39 is 0 Å². The molecular formula is C14H14Cl2N2S. The monoisotopic (exact) mass is 312 g/mol. The summed E-state index contributed by atoms with van der Waals surface area (Å²) < 4.78 is 0. The molecule has 0 saturated heterocycles. The predicted molar refractivity (Wildman–Crippen MR) is 82.2 cm³/mol. The molecule has 0 spiro atoms. The molecule has 0 aliphatic rings. The molecule has 2 aromatic rings. The lowest BCUT2D eigenvalue weighted by Gasteiger charge is -2.09. The number of rotatable bonds is 4. The third-order valence-electron chi connectivity index (χ3n) is 2.51. The molecule has 5 heteroatoms. The molecule has 1 aromatic heterocycles. The maximum absolute atomic E-state index is 6.26. The van der Waals surface area contributed by atoms with Gasteiger partial charge in [0.25, 0.3) is 0 Å². The molecule has 0 fully saturated rings. The maximum atomic E-state index is 6.26. The van der Waals surface area contributed by atoms with Crippen LogP contribution in [0.5, 0.6) is 0 Å². The molecule has 1 atom stereocenters. The van der Waals surface area contributed by atoms with Crippen LogP contribution in [0.15, 0.2) is 46.5 Å². The van der Waals surface area contributed by atoms with Gasteiger partial charge in [-0.15, -0.1) is 0 Å². The second-order valence-electron chi connectivity index (χ2n) is 4.33. The summed E-state index contributed by atoms with van der Waals surface area (Å²) in [5.74, 6) is 0. The summed E-state index contributed by atoms with van der Waals surface area (Å²) in [4.78, 5) is 5.25. The van der Waals surface area contributed by atoms with Crippen LogP contribution in [0.4, 0.5) is 0 Å². The molecule has 0 bridgehead atoms. The number of nitrogens with zero attached hydrogens (tertiary/aromatic N) is 1. The number of aromatic nitrogens is 1. The van der Waals surface area contributed by atoms with Crippen LogP contribution in [0.25, 0.3) is 0 Å². The van der Waals surface area contributed by atoms with E-state index in [4.69, 9.17) is 28.9 Å². The van der Waals surface area contributed by atoms with Crippen molar-refractivity contribution in [2.24, 2.45) is 5.73 Å². The zero-order valence-corrected chi connectivity index (χ0v) is 12.8. The van der Waals surface area contributed by atoms with Crippen molar-refractivity contribution in [3.8, 4) is 0 Å². The van der Waals surface area contributed by atoms with Gasteiger partial charge in [0.05, 0.1) is 5.02 Å². The van der Waals surface area contributed by atoms with Crippen LogP contribution in [0, 0.1) is 0 Å². The van der Waals surface area contributed by atoms with Crippen molar-refractivity contribution < 1.29 is 0 Å². The molecule has 0 saturated carbocycles. The van der Waals surface area contributed by atoms with Crippen LogP contribution in [-0.2, 0) is 6.42 Å². The molecular weight excluding hydrogens is 299 g/mol. The highest BCUT2D eigenvalue weighted by atomic mass is 35.5. The fourth-order valence-electron chi connectivity index (χ4n) is 1.66. The second kappa shape index (κ2) is 6.62. The number of pyridine rings is 1. The van der Waals surface area contributed by atoms with E-state index in [0.29, 0.717) is 5.02 Å². The highest BCUT2D eigenvalue weighted by molar-refractivity contribution is 7.99. The smallest absolute Gasteiger partial charge is 0.119 e. The highest BCUT2D eigenvalue weighted by Crippen LogP contribution is 2.33. The van der Waals surface area contributed by atoms with Gasteiger partial charge in [-0.2, -0.15) is 0 Å². The lowest BCUT2D eigenvalue weighted by molar-refractivity contribution is 0.738. The number of hydrogen-bond donors (Lipinski definition) is 1. The first-order chi connectivity index (χ1) is 9.06. The SMILES string of the molecule is CC(N)Cc1ccc(Sc2ncccc2Cl)cc1Cl. The average molecular weight is 313 g/mol. The summed E-state index contributed by atoms with van der Waals surface area (Å²) in [6.07, 6.45) is 2.49. The molecule has 1 aromatic carbocycles. The summed E-state index contributed by atoms with van der Waals surface area (Å²) in [7, 11) is 0. The van der Waals surface area contributed by atoms with Gasteiger partial charge >= 0.3 is 0 Å². The minimum Gasteiger partial charge on any atom is -0.328 e. The first-order valence-corrected chi connectivity index (χ1v) is 7.46. The van der Waals surface area contributed by atoms with E-state index in [1.165, 1.54) is 11.8 Å². The molecule has 0 aliphatic heterocycles. The van der Waals surface area contributed by atoms with Crippen molar-refractivity contribution in [3.63, 3.8) is 0 Å². The summed E-state index contributed by atoms with van der Waals surface area (Å²) >= 11 is 13.8. The van der Waals surface area contributed by atoms with E-state index in [0.717, 1.165) is 26.9 Å². The number of halogens is 2. The van der Waals surface area contributed by atoms with Crippen LogP contribution < -0.4 is 5.73 Å². The summed E-state index contributed by atoms with van der Waals surface area (Å²) in [5, 5.41) is 2.15. The van der Waals surface area contributed by atoms with Gasteiger partial charge in [-0.1, -0.05) is 41.0 Å². The molecule has 0 amide bonds. The topological polar surface area (TPSA) is 38.9 Å². The Bertz CT molecular complexity index is 573. The fraction of sp³-hybridized carbons (Fsp3) is 0.214. The Balaban J connectivity index is 2.19. The zero-order chi connectivity index (χ0) is 13.8.